The van der Waals surface area contributed by atoms with E-state index >= 15 is 0 Å². The van der Waals surface area contributed by atoms with Gasteiger partial charge in [0.15, 0.2) is 6.61 Å². The number of ether oxygens (including phenoxy) is 2. The van der Waals surface area contributed by atoms with Gasteiger partial charge < -0.3 is 20.1 Å². The first-order chi connectivity index (χ1) is 14.0. The minimum atomic E-state index is -0.652. The second-order valence-electron chi connectivity index (χ2n) is 6.68. The monoisotopic (exact) mass is 417 g/mol. The Labute approximate surface area is 174 Å². The number of amides is 2. The number of rotatable bonds is 8. The van der Waals surface area contributed by atoms with E-state index in [1.165, 1.54) is 6.07 Å². The molecule has 1 heterocycles. The average Bonchev–Trinajstić information content (AvgIpc) is 2.74. The van der Waals surface area contributed by atoms with Crippen LogP contribution in [0.3, 0.4) is 0 Å². The van der Waals surface area contributed by atoms with Gasteiger partial charge in [-0.25, -0.2) is 0 Å². The Morgan fingerprint density at radius 2 is 1.72 bits per heavy atom. The number of benzene rings is 2. The molecule has 3 rings (SSSR count). The van der Waals surface area contributed by atoms with Crippen molar-refractivity contribution in [2.75, 3.05) is 45.9 Å². The molecule has 2 aromatic rings. The second-order valence-corrected chi connectivity index (χ2v) is 7.11. The van der Waals surface area contributed by atoms with Gasteiger partial charge in [0.25, 0.3) is 11.8 Å². The third kappa shape index (κ3) is 6.10. The lowest BCUT2D eigenvalue weighted by Gasteiger charge is -2.34. The second kappa shape index (κ2) is 10.1. The highest BCUT2D eigenvalue weighted by Crippen LogP contribution is 2.22. The van der Waals surface area contributed by atoms with Crippen molar-refractivity contribution < 1.29 is 19.1 Å². The fraction of sp³-hybridized carbons (Fsp3) is 0.333. The summed E-state index contributed by atoms with van der Waals surface area (Å²) in [6.07, 6.45) is 0. The minimum Gasteiger partial charge on any atom is -0.492 e. The molecule has 0 radical (unpaired) electrons. The van der Waals surface area contributed by atoms with Crippen LogP contribution in [-0.2, 0) is 4.79 Å². The zero-order chi connectivity index (χ0) is 20.6. The molecule has 0 aromatic heterocycles. The summed E-state index contributed by atoms with van der Waals surface area (Å²) in [6.45, 7) is 4.05. The molecule has 2 N–H and O–H groups in total. The van der Waals surface area contributed by atoms with E-state index < -0.39 is 5.91 Å². The molecule has 1 fully saturated rings. The van der Waals surface area contributed by atoms with Crippen molar-refractivity contribution in [2.24, 2.45) is 5.73 Å². The molecule has 2 amide bonds. The van der Waals surface area contributed by atoms with Crippen LogP contribution >= 0.6 is 11.6 Å². The summed E-state index contributed by atoms with van der Waals surface area (Å²) in [5, 5.41) is 0.379. The maximum absolute atomic E-state index is 12.4. The average molecular weight is 418 g/mol. The van der Waals surface area contributed by atoms with Crippen LogP contribution in [0.15, 0.2) is 48.5 Å². The predicted molar refractivity (Wildman–Crippen MR) is 110 cm³/mol. The molecule has 154 valence electrons. The van der Waals surface area contributed by atoms with Crippen LogP contribution in [0.4, 0.5) is 0 Å². The third-order valence-corrected chi connectivity index (χ3v) is 4.94. The van der Waals surface area contributed by atoms with Crippen molar-refractivity contribution >= 4 is 23.4 Å². The smallest absolute Gasteiger partial charge is 0.260 e. The van der Waals surface area contributed by atoms with Crippen LogP contribution in [0.2, 0.25) is 5.02 Å². The SMILES string of the molecule is NC(=O)c1cc(Cl)ccc1OCC(=O)N1CCN(CCOc2ccccc2)CC1. The van der Waals surface area contributed by atoms with Gasteiger partial charge in [0.05, 0.1) is 5.56 Å². The van der Waals surface area contributed by atoms with Crippen molar-refractivity contribution in [1.29, 1.82) is 0 Å². The topological polar surface area (TPSA) is 85.1 Å². The molecule has 7 nitrogen and oxygen atoms in total. The lowest BCUT2D eigenvalue weighted by atomic mass is 10.2. The Morgan fingerprint density at radius 1 is 1.00 bits per heavy atom. The van der Waals surface area contributed by atoms with Crippen LogP contribution in [0, 0.1) is 0 Å². The maximum atomic E-state index is 12.4. The fourth-order valence-electron chi connectivity index (χ4n) is 3.08. The Bertz CT molecular complexity index is 839. The lowest BCUT2D eigenvalue weighted by Crippen LogP contribution is -2.50. The van der Waals surface area contributed by atoms with Crippen molar-refractivity contribution in [3.63, 3.8) is 0 Å². The van der Waals surface area contributed by atoms with Gasteiger partial charge in [0.1, 0.15) is 18.1 Å². The highest BCUT2D eigenvalue weighted by Gasteiger charge is 2.22. The number of hydrogen-bond donors (Lipinski definition) is 1. The molecule has 0 aliphatic carbocycles. The maximum Gasteiger partial charge on any atom is 0.260 e. The summed E-state index contributed by atoms with van der Waals surface area (Å²) >= 11 is 5.88. The molecule has 1 saturated heterocycles. The predicted octanol–water partition coefficient (Wildman–Crippen LogP) is 2.04. The van der Waals surface area contributed by atoms with Crippen molar-refractivity contribution in [3.05, 3.63) is 59.1 Å². The Morgan fingerprint density at radius 3 is 2.41 bits per heavy atom. The number of carbonyl (C=O) groups is 2. The van der Waals surface area contributed by atoms with E-state index in [9.17, 15) is 9.59 Å². The summed E-state index contributed by atoms with van der Waals surface area (Å²) in [4.78, 5) is 28.0. The molecule has 8 heteroatoms. The molecule has 2 aromatic carbocycles. The minimum absolute atomic E-state index is 0.129. The molecule has 0 spiro atoms. The molecule has 0 atom stereocenters. The quantitative estimate of drug-likeness (QED) is 0.710. The lowest BCUT2D eigenvalue weighted by molar-refractivity contribution is -0.135. The van der Waals surface area contributed by atoms with E-state index in [0.717, 1.165) is 25.4 Å². The molecule has 1 aliphatic heterocycles. The number of carbonyl (C=O) groups excluding carboxylic acids is 2. The number of hydrogen-bond acceptors (Lipinski definition) is 5. The van der Waals surface area contributed by atoms with E-state index in [-0.39, 0.29) is 23.8 Å². The zero-order valence-electron chi connectivity index (χ0n) is 16.1. The summed E-state index contributed by atoms with van der Waals surface area (Å²) in [6, 6.07) is 14.3. The van der Waals surface area contributed by atoms with Gasteiger partial charge in [-0.15, -0.1) is 0 Å². The number of primary amides is 1. The summed E-state index contributed by atoms with van der Waals surface area (Å²) in [5.41, 5.74) is 5.50. The summed E-state index contributed by atoms with van der Waals surface area (Å²) in [7, 11) is 0. The van der Waals surface area contributed by atoms with Gasteiger partial charge in [0.2, 0.25) is 0 Å². The Kier molecular flexibility index (Phi) is 7.32. The van der Waals surface area contributed by atoms with Crippen molar-refractivity contribution in [1.82, 2.24) is 9.80 Å². The largest absolute Gasteiger partial charge is 0.492 e. The Hall–Kier alpha value is -2.77. The number of nitrogens with zero attached hydrogens (tertiary/aromatic N) is 2. The number of para-hydroxylation sites is 1. The van der Waals surface area contributed by atoms with Gasteiger partial charge in [-0.05, 0) is 30.3 Å². The highest BCUT2D eigenvalue weighted by molar-refractivity contribution is 6.31. The van der Waals surface area contributed by atoms with Gasteiger partial charge in [-0.1, -0.05) is 29.8 Å². The number of halogens is 1. The van der Waals surface area contributed by atoms with Crippen molar-refractivity contribution in [3.8, 4) is 11.5 Å². The third-order valence-electron chi connectivity index (χ3n) is 4.70. The van der Waals surface area contributed by atoms with Crippen LogP contribution in [0.5, 0.6) is 11.5 Å². The number of nitrogens with two attached hydrogens (primary N) is 1. The van der Waals surface area contributed by atoms with Gasteiger partial charge >= 0.3 is 0 Å². The zero-order valence-corrected chi connectivity index (χ0v) is 16.8. The first kappa shape index (κ1) is 21.0. The van der Waals surface area contributed by atoms with Crippen LogP contribution in [0.25, 0.3) is 0 Å². The Balaban J connectivity index is 1.40. The summed E-state index contributed by atoms with van der Waals surface area (Å²) in [5.74, 6) is 0.333. The highest BCUT2D eigenvalue weighted by atomic mass is 35.5. The molecular weight excluding hydrogens is 394 g/mol. The fourth-order valence-corrected chi connectivity index (χ4v) is 3.25. The molecule has 0 bridgehead atoms. The van der Waals surface area contributed by atoms with E-state index in [2.05, 4.69) is 4.90 Å². The molecule has 1 aliphatic rings. The van der Waals surface area contributed by atoms with Gasteiger partial charge in [-0.2, -0.15) is 0 Å². The molecule has 29 heavy (non-hydrogen) atoms. The summed E-state index contributed by atoms with van der Waals surface area (Å²) < 4.78 is 11.2. The van der Waals surface area contributed by atoms with Crippen LogP contribution < -0.4 is 15.2 Å². The molecule has 0 unspecified atom stereocenters. The molecule has 0 saturated carbocycles. The number of piperazine rings is 1. The van der Waals surface area contributed by atoms with E-state index in [4.69, 9.17) is 26.8 Å². The van der Waals surface area contributed by atoms with E-state index in [1.54, 1.807) is 17.0 Å². The van der Waals surface area contributed by atoms with Crippen LogP contribution in [0.1, 0.15) is 10.4 Å². The first-order valence-electron chi connectivity index (χ1n) is 9.43. The van der Waals surface area contributed by atoms with E-state index in [0.29, 0.717) is 24.7 Å². The van der Waals surface area contributed by atoms with Gasteiger partial charge in [-0.3, -0.25) is 14.5 Å². The standard InChI is InChI=1S/C21H24ClN3O4/c22-16-6-7-19(18(14-16)21(23)27)29-15-20(26)25-10-8-24(9-11-25)12-13-28-17-4-2-1-3-5-17/h1-7,14H,8-13,15H2,(H2,23,27). The molecular formula is C21H24ClN3O4. The van der Waals surface area contributed by atoms with Gasteiger partial charge in [0, 0.05) is 37.7 Å². The first-order valence-corrected chi connectivity index (χ1v) is 9.81. The normalized spacial score (nSPS) is 14.4. The van der Waals surface area contributed by atoms with E-state index in [1.807, 2.05) is 30.3 Å². The van der Waals surface area contributed by atoms with Crippen molar-refractivity contribution in [2.45, 2.75) is 0 Å². The van der Waals surface area contributed by atoms with Crippen LogP contribution in [-0.4, -0.2) is 67.6 Å².